The van der Waals surface area contributed by atoms with Crippen molar-refractivity contribution in [2.24, 2.45) is 35.3 Å². The number of sulfonamides is 1. The van der Waals surface area contributed by atoms with Crippen molar-refractivity contribution in [1.29, 1.82) is 0 Å². The molecular weight excluding hydrogens is 386 g/mol. The van der Waals surface area contributed by atoms with Gasteiger partial charge in [-0.2, -0.15) is 0 Å². The zero-order chi connectivity index (χ0) is 18.3. The van der Waals surface area contributed by atoms with Crippen LogP contribution in [0.3, 0.4) is 0 Å². The molecule has 0 heterocycles. The lowest BCUT2D eigenvalue weighted by atomic mass is 9.51. The molecule has 0 saturated heterocycles. The standard InChI is InChI=1S/C19H27N3O3S.ClH/c20-4-5-21-26(24,25)17-3-1-2-16(11-17)22-19(23)18-14-7-12-6-13(9-14)10-15(18)8-12;/h1-3,11-15,18,21H,4-10,20H2,(H,22,23);1H. The zero-order valence-electron chi connectivity index (χ0n) is 15.3. The Balaban J connectivity index is 0.00000210. The monoisotopic (exact) mass is 413 g/mol. The Kier molecular flexibility index (Phi) is 6.15. The van der Waals surface area contributed by atoms with Crippen molar-refractivity contribution in [3.05, 3.63) is 24.3 Å². The Morgan fingerprint density at radius 2 is 1.70 bits per heavy atom. The van der Waals surface area contributed by atoms with Crippen molar-refractivity contribution in [2.45, 2.75) is 37.0 Å². The number of halogens is 1. The van der Waals surface area contributed by atoms with E-state index in [0.717, 1.165) is 11.8 Å². The summed E-state index contributed by atoms with van der Waals surface area (Å²) < 4.78 is 26.9. The Morgan fingerprint density at radius 1 is 1.07 bits per heavy atom. The molecule has 4 saturated carbocycles. The third-order valence-corrected chi connectivity index (χ3v) is 7.84. The van der Waals surface area contributed by atoms with Gasteiger partial charge in [0.15, 0.2) is 0 Å². The molecule has 4 bridgehead atoms. The molecule has 8 heteroatoms. The summed E-state index contributed by atoms with van der Waals surface area (Å²) in [5.41, 5.74) is 5.91. The summed E-state index contributed by atoms with van der Waals surface area (Å²) in [5, 5.41) is 2.98. The minimum Gasteiger partial charge on any atom is -0.329 e. The van der Waals surface area contributed by atoms with Crippen LogP contribution in [0.4, 0.5) is 5.69 Å². The Labute approximate surface area is 167 Å². The molecule has 27 heavy (non-hydrogen) atoms. The molecule has 4 N–H and O–H groups in total. The molecule has 0 atom stereocenters. The molecule has 4 fully saturated rings. The van der Waals surface area contributed by atoms with Crippen LogP contribution in [0.1, 0.15) is 32.1 Å². The lowest BCUT2D eigenvalue weighted by molar-refractivity contribution is -0.132. The highest BCUT2D eigenvalue weighted by molar-refractivity contribution is 7.89. The molecule has 4 aliphatic rings. The summed E-state index contributed by atoms with van der Waals surface area (Å²) in [6.45, 7) is 0.425. The Morgan fingerprint density at radius 3 is 2.30 bits per heavy atom. The van der Waals surface area contributed by atoms with Crippen molar-refractivity contribution in [1.82, 2.24) is 4.72 Å². The van der Waals surface area contributed by atoms with Gasteiger partial charge in [0.05, 0.1) is 4.90 Å². The smallest absolute Gasteiger partial charge is 0.240 e. The van der Waals surface area contributed by atoms with Gasteiger partial charge in [0.1, 0.15) is 0 Å². The summed E-state index contributed by atoms with van der Waals surface area (Å²) in [6, 6.07) is 6.45. The van der Waals surface area contributed by atoms with Gasteiger partial charge in [-0.15, -0.1) is 12.4 Å². The van der Waals surface area contributed by atoms with Crippen molar-refractivity contribution >= 4 is 34.0 Å². The molecule has 6 nitrogen and oxygen atoms in total. The number of rotatable bonds is 6. The average Bonchev–Trinajstić information content (AvgIpc) is 2.59. The van der Waals surface area contributed by atoms with E-state index in [1.165, 1.54) is 44.2 Å². The van der Waals surface area contributed by atoms with Crippen LogP contribution in [0.2, 0.25) is 0 Å². The maximum Gasteiger partial charge on any atom is 0.240 e. The number of carbonyl (C=O) groups is 1. The third-order valence-electron chi connectivity index (χ3n) is 6.38. The number of hydrogen-bond donors (Lipinski definition) is 3. The van der Waals surface area contributed by atoms with E-state index in [9.17, 15) is 13.2 Å². The normalized spacial score (nSPS) is 31.4. The van der Waals surface area contributed by atoms with Crippen LogP contribution in [0.15, 0.2) is 29.2 Å². The predicted molar refractivity (Wildman–Crippen MR) is 107 cm³/mol. The van der Waals surface area contributed by atoms with Crippen LogP contribution in [-0.2, 0) is 14.8 Å². The predicted octanol–water partition coefficient (Wildman–Crippen LogP) is 2.36. The molecule has 0 radical (unpaired) electrons. The first-order valence-electron chi connectivity index (χ1n) is 9.57. The largest absolute Gasteiger partial charge is 0.329 e. The molecular formula is C19H28ClN3O3S. The molecule has 0 aromatic heterocycles. The van der Waals surface area contributed by atoms with Gasteiger partial charge >= 0.3 is 0 Å². The zero-order valence-corrected chi connectivity index (χ0v) is 16.9. The Bertz CT molecular complexity index is 771. The maximum absolute atomic E-state index is 12.9. The summed E-state index contributed by atoms with van der Waals surface area (Å²) in [5.74, 6) is 2.79. The fourth-order valence-corrected chi connectivity index (χ4v) is 6.69. The van der Waals surface area contributed by atoms with Crippen molar-refractivity contribution < 1.29 is 13.2 Å². The first-order chi connectivity index (χ1) is 12.5. The average molecular weight is 414 g/mol. The van der Waals surface area contributed by atoms with Gasteiger partial charge in [-0.1, -0.05) is 6.07 Å². The van der Waals surface area contributed by atoms with E-state index in [4.69, 9.17) is 5.73 Å². The lowest BCUT2D eigenvalue weighted by Crippen LogP contribution is -2.49. The van der Waals surface area contributed by atoms with Gasteiger partial charge in [-0.3, -0.25) is 4.79 Å². The van der Waals surface area contributed by atoms with Crippen LogP contribution in [0.5, 0.6) is 0 Å². The highest BCUT2D eigenvalue weighted by Crippen LogP contribution is 2.56. The molecule has 150 valence electrons. The second-order valence-electron chi connectivity index (χ2n) is 8.16. The van der Waals surface area contributed by atoms with E-state index in [-0.39, 0.29) is 42.2 Å². The van der Waals surface area contributed by atoms with E-state index in [2.05, 4.69) is 10.0 Å². The van der Waals surface area contributed by atoms with Gasteiger partial charge in [-0.05, 0) is 74.0 Å². The highest BCUT2D eigenvalue weighted by atomic mass is 35.5. The summed E-state index contributed by atoms with van der Waals surface area (Å²) in [4.78, 5) is 13.1. The van der Waals surface area contributed by atoms with Crippen LogP contribution < -0.4 is 15.8 Å². The molecule has 4 aliphatic carbocycles. The van der Waals surface area contributed by atoms with E-state index < -0.39 is 10.0 Å². The molecule has 1 amide bonds. The van der Waals surface area contributed by atoms with E-state index in [1.54, 1.807) is 12.1 Å². The van der Waals surface area contributed by atoms with Crippen molar-refractivity contribution in [3.8, 4) is 0 Å². The second kappa shape index (κ2) is 8.07. The molecule has 1 aromatic carbocycles. The molecule has 0 unspecified atom stereocenters. The summed E-state index contributed by atoms with van der Waals surface area (Å²) >= 11 is 0. The van der Waals surface area contributed by atoms with Gasteiger partial charge in [0.2, 0.25) is 15.9 Å². The lowest BCUT2D eigenvalue weighted by Gasteiger charge is -2.53. The second-order valence-corrected chi connectivity index (χ2v) is 9.93. The van der Waals surface area contributed by atoms with Gasteiger partial charge in [-0.25, -0.2) is 13.1 Å². The molecule has 5 rings (SSSR count). The molecule has 0 aliphatic heterocycles. The first kappa shape index (κ1) is 20.6. The van der Waals surface area contributed by atoms with Crippen LogP contribution in [-0.4, -0.2) is 27.4 Å². The number of anilines is 1. The van der Waals surface area contributed by atoms with Crippen molar-refractivity contribution in [2.75, 3.05) is 18.4 Å². The van der Waals surface area contributed by atoms with E-state index >= 15 is 0 Å². The molecule has 0 spiro atoms. The summed E-state index contributed by atoms with van der Waals surface area (Å²) in [6.07, 6.45) is 6.09. The van der Waals surface area contributed by atoms with Gasteiger partial charge < -0.3 is 11.1 Å². The maximum atomic E-state index is 12.9. The number of nitrogens with two attached hydrogens (primary N) is 1. The number of carbonyl (C=O) groups excluding carboxylic acids is 1. The van der Waals surface area contributed by atoms with Gasteiger partial charge in [0, 0.05) is 24.7 Å². The number of hydrogen-bond acceptors (Lipinski definition) is 4. The van der Waals surface area contributed by atoms with E-state index in [0.29, 0.717) is 17.5 Å². The van der Waals surface area contributed by atoms with Gasteiger partial charge in [0.25, 0.3) is 0 Å². The minimum atomic E-state index is -3.60. The highest BCUT2D eigenvalue weighted by Gasteiger charge is 2.50. The SMILES string of the molecule is Cl.NCCNS(=O)(=O)c1cccc(NC(=O)C2C3CC4CC(C3)CC2C4)c1. The Hall–Kier alpha value is -1.15. The topological polar surface area (TPSA) is 101 Å². The minimum absolute atomic E-state index is 0. The number of benzene rings is 1. The van der Waals surface area contributed by atoms with Crippen LogP contribution in [0, 0.1) is 29.6 Å². The number of nitrogens with one attached hydrogen (secondary N) is 2. The third kappa shape index (κ3) is 4.16. The quantitative estimate of drug-likeness (QED) is 0.666. The van der Waals surface area contributed by atoms with Crippen LogP contribution >= 0.6 is 12.4 Å². The fraction of sp³-hybridized carbons (Fsp3) is 0.632. The van der Waals surface area contributed by atoms with Crippen LogP contribution in [0.25, 0.3) is 0 Å². The molecule has 1 aromatic rings. The summed E-state index contributed by atoms with van der Waals surface area (Å²) in [7, 11) is -3.60. The first-order valence-corrected chi connectivity index (χ1v) is 11.0. The fourth-order valence-electron chi connectivity index (χ4n) is 5.60. The van der Waals surface area contributed by atoms with Crippen molar-refractivity contribution in [3.63, 3.8) is 0 Å². The number of amides is 1. The van der Waals surface area contributed by atoms with E-state index in [1.807, 2.05) is 0 Å².